The predicted octanol–water partition coefficient (Wildman–Crippen LogP) is 3.39. The van der Waals surface area contributed by atoms with Crippen LogP contribution in [0.15, 0.2) is 54.6 Å². The summed E-state index contributed by atoms with van der Waals surface area (Å²) in [4.78, 5) is 14.2. The molecular weight excluding hydrogens is 416 g/mol. The van der Waals surface area contributed by atoms with Crippen molar-refractivity contribution in [2.45, 2.75) is 25.9 Å². The van der Waals surface area contributed by atoms with Crippen LogP contribution in [0, 0.1) is 11.6 Å². The highest BCUT2D eigenvalue weighted by Crippen LogP contribution is 2.32. The van der Waals surface area contributed by atoms with Crippen molar-refractivity contribution in [2.75, 3.05) is 19.7 Å². The second-order valence-electron chi connectivity index (χ2n) is 7.44. The van der Waals surface area contributed by atoms with Crippen LogP contribution in [0.5, 0.6) is 0 Å². The van der Waals surface area contributed by atoms with Crippen molar-refractivity contribution in [3.63, 3.8) is 0 Å². The second-order valence-corrected chi connectivity index (χ2v) is 7.44. The van der Waals surface area contributed by atoms with Crippen molar-refractivity contribution in [1.29, 1.82) is 0 Å². The van der Waals surface area contributed by atoms with Gasteiger partial charge in [-0.05, 0) is 64.7 Å². The third-order valence-electron chi connectivity index (χ3n) is 5.39. The molecule has 2 heterocycles. The van der Waals surface area contributed by atoms with Crippen LogP contribution in [0.1, 0.15) is 36.3 Å². The van der Waals surface area contributed by atoms with Crippen LogP contribution in [0.25, 0.3) is 5.57 Å². The summed E-state index contributed by atoms with van der Waals surface area (Å²) in [7, 11) is 0. The third kappa shape index (κ3) is 4.88. The van der Waals surface area contributed by atoms with E-state index in [0.717, 1.165) is 23.1 Å². The number of esters is 1. The Morgan fingerprint density at radius 2 is 1.78 bits per heavy atom. The Hall–Kier alpha value is -3.46. The number of ether oxygens (including phenoxy) is 1. The van der Waals surface area contributed by atoms with Crippen LogP contribution in [0.3, 0.4) is 0 Å². The summed E-state index contributed by atoms with van der Waals surface area (Å²) < 4.78 is 33.3. The first kappa shape index (κ1) is 21.8. The molecule has 0 radical (unpaired) electrons. The fourth-order valence-electron chi connectivity index (χ4n) is 3.86. The zero-order chi connectivity index (χ0) is 22.5. The molecule has 0 spiro atoms. The van der Waals surface area contributed by atoms with E-state index in [4.69, 9.17) is 4.74 Å². The number of aromatic nitrogens is 4. The molecule has 7 nitrogen and oxygen atoms in total. The van der Waals surface area contributed by atoms with Gasteiger partial charge in [0.2, 0.25) is 0 Å². The fourth-order valence-corrected chi connectivity index (χ4v) is 3.86. The maximum atomic E-state index is 13.6. The van der Waals surface area contributed by atoms with Crippen molar-refractivity contribution in [3.05, 3.63) is 83.2 Å². The average molecular weight is 439 g/mol. The zero-order valence-corrected chi connectivity index (χ0v) is 17.6. The van der Waals surface area contributed by atoms with E-state index in [0.29, 0.717) is 18.9 Å². The minimum Gasteiger partial charge on any atom is -0.465 e. The van der Waals surface area contributed by atoms with Crippen LogP contribution in [0.4, 0.5) is 8.78 Å². The minimum atomic E-state index is -0.434. The Kier molecular flexibility index (Phi) is 6.65. The summed E-state index contributed by atoms with van der Waals surface area (Å²) in [6, 6.07) is 12.2. The lowest BCUT2D eigenvalue weighted by atomic mass is 9.96. The van der Waals surface area contributed by atoms with Gasteiger partial charge in [-0.3, -0.25) is 9.69 Å². The molecule has 166 valence electrons. The van der Waals surface area contributed by atoms with Crippen LogP contribution in [-0.2, 0) is 16.1 Å². The smallest absolute Gasteiger partial charge is 0.327 e. The second kappa shape index (κ2) is 9.78. The van der Waals surface area contributed by atoms with Crippen LogP contribution in [0.2, 0.25) is 0 Å². The van der Waals surface area contributed by atoms with Gasteiger partial charge < -0.3 is 4.74 Å². The third-order valence-corrected chi connectivity index (χ3v) is 5.39. The molecule has 3 aromatic rings. The summed E-state index contributed by atoms with van der Waals surface area (Å²) in [5, 5.41) is 11.9. The Balaban J connectivity index is 1.63. The number of rotatable bonds is 7. The number of hydrogen-bond acceptors (Lipinski definition) is 6. The Bertz CT molecular complexity index is 1100. The molecule has 9 heteroatoms. The van der Waals surface area contributed by atoms with Crippen molar-refractivity contribution in [3.8, 4) is 0 Å². The maximum absolute atomic E-state index is 13.6. The van der Waals surface area contributed by atoms with Gasteiger partial charge in [-0.15, -0.1) is 5.10 Å². The molecule has 2 aromatic carbocycles. The molecule has 0 aliphatic carbocycles. The van der Waals surface area contributed by atoms with E-state index in [1.54, 1.807) is 31.2 Å². The lowest BCUT2D eigenvalue weighted by Crippen LogP contribution is -2.35. The molecule has 32 heavy (non-hydrogen) atoms. The molecule has 4 rings (SSSR count). The summed E-state index contributed by atoms with van der Waals surface area (Å²) in [5.74, 6) is -0.563. The number of carbonyl (C=O) groups is 1. The monoisotopic (exact) mass is 439 g/mol. The van der Waals surface area contributed by atoms with Gasteiger partial charge in [0.15, 0.2) is 5.82 Å². The Morgan fingerprint density at radius 1 is 1.09 bits per heavy atom. The van der Waals surface area contributed by atoms with E-state index in [2.05, 4.69) is 26.5 Å². The van der Waals surface area contributed by atoms with Gasteiger partial charge in [0, 0.05) is 13.1 Å². The maximum Gasteiger partial charge on any atom is 0.327 e. The lowest BCUT2D eigenvalue weighted by molar-refractivity contribution is -0.144. The first-order chi connectivity index (χ1) is 15.5. The van der Waals surface area contributed by atoms with Gasteiger partial charge in [0.25, 0.3) is 0 Å². The largest absolute Gasteiger partial charge is 0.465 e. The van der Waals surface area contributed by atoms with Gasteiger partial charge in [-0.25, -0.2) is 13.5 Å². The molecule has 0 bridgehead atoms. The quantitative estimate of drug-likeness (QED) is 0.526. The van der Waals surface area contributed by atoms with Crippen LogP contribution in [-0.4, -0.2) is 50.8 Å². The molecule has 0 N–H and O–H groups in total. The van der Waals surface area contributed by atoms with Crippen molar-refractivity contribution >= 4 is 11.5 Å². The van der Waals surface area contributed by atoms with Gasteiger partial charge in [0.05, 0.1) is 12.6 Å². The number of nitrogens with zero attached hydrogens (tertiary/aromatic N) is 5. The highest BCUT2D eigenvalue weighted by atomic mass is 19.1. The number of carbonyl (C=O) groups excluding carboxylic acids is 1. The van der Waals surface area contributed by atoms with Gasteiger partial charge in [-0.1, -0.05) is 30.3 Å². The molecule has 1 atom stereocenters. The zero-order valence-electron chi connectivity index (χ0n) is 17.6. The number of tetrazole rings is 1. The topological polar surface area (TPSA) is 73.1 Å². The minimum absolute atomic E-state index is 0.113. The number of benzene rings is 2. The molecular formula is C23H23F2N5O2. The summed E-state index contributed by atoms with van der Waals surface area (Å²) in [6.07, 6.45) is 2.83. The Morgan fingerprint density at radius 3 is 2.41 bits per heavy atom. The van der Waals surface area contributed by atoms with Crippen LogP contribution < -0.4 is 0 Å². The summed E-state index contributed by atoms with van der Waals surface area (Å²) in [6.45, 7) is 3.15. The molecule has 1 aliphatic rings. The van der Waals surface area contributed by atoms with Crippen molar-refractivity contribution in [1.82, 2.24) is 25.1 Å². The molecule has 1 aliphatic heterocycles. The lowest BCUT2D eigenvalue weighted by Gasteiger charge is -2.33. The first-order valence-electron chi connectivity index (χ1n) is 10.4. The standard InChI is InChI=1S/C23H23F2N5O2/c1-2-32-21(31)15-30-23(26-27-28-30)22(18-5-9-20(25)10-6-18)29-13-11-17(12-14-29)16-3-7-19(24)8-4-16/h3-11,22H,2,12-15H2,1H3/t22-/m0/s1. The average Bonchev–Trinajstić information content (AvgIpc) is 3.24. The number of halogens is 2. The highest BCUT2D eigenvalue weighted by molar-refractivity contribution is 5.69. The van der Waals surface area contributed by atoms with E-state index in [-0.39, 0.29) is 30.8 Å². The van der Waals surface area contributed by atoms with E-state index >= 15 is 0 Å². The molecule has 1 aromatic heterocycles. The predicted molar refractivity (Wildman–Crippen MR) is 113 cm³/mol. The van der Waals surface area contributed by atoms with Crippen molar-refractivity contribution < 1.29 is 18.3 Å². The van der Waals surface area contributed by atoms with Crippen LogP contribution >= 0.6 is 0 Å². The molecule has 0 saturated heterocycles. The van der Waals surface area contributed by atoms with Gasteiger partial charge in [0.1, 0.15) is 18.2 Å². The van der Waals surface area contributed by atoms with E-state index in [9.17, 15) is 13.6 Å². The Labute approximate surface area is 184 Å². The van der Waals surface area contributed by atoms with Crippen molar-refractivity contribution in [2.24, 2.45) is 0 Å². The van der Waals surface area contributed by atoms with E-state index < -0.39 is 5.97 Å². The first-order valence-corrected chi connectivity index (χ1v) is 10.4. The SMILES string of the molecule is CCOC(=O)Cn1nnnc1[C@H](c1ccc(F)cc1)N1CC=C(c2ccc(F)cc2)CC1. The summed E-state index contributed by atoms with van der Waals surface area (Å²) >= 11 is 0. The molecule has 0 unspecified atom stereocenters. The highest BCUT2D eigenvalue weighted by Gasteiger charge is 2.30. The molecule has 0 saturated carbocycles. The number of hydrogen-bond donors (Lipinski definition) is 0. The van der Waals surface area contributed by atoms with Gasteiger partial charge >= 0.3 is 5.97 Å². The molecule has 0 amide bonds. The molecule has 0 fully saturated rings. The fraction of sp³-hybridized carbons (Fsp3) is 0.304. The van der Waals surface area contributed by atoms with E-state index in [1.807, 2.05) is 0 Å². The van der Waals surface area contributed by atoms with Gasteiger partial charge in [-0.2, -0.15) is 0 Å². The summed E-state index contributed by atoms with van der Waals surface area (Å²) in [5.41, 5.74) is 2.92. The normalized spacial score (nSPS) is 15.3. The van der Waals surface area contributed by atoms with E-state index in [1.165, 1.54) is 28.9 Å².